The first-order valence-electron chi connectivity index (χ1n) is 6.21. The number of para-hydroxylation sites is 1. The lowest BCUT2D eigenvalue weighted by Gasteiger charge is -2.08. The summed E-state index contributed by atoms with van der Waals surface area (Å²) in [6.45, 7) is 1.94. The van der Waals surface area contributed by atoms with Gasteiger partial charge in [0, 0.05) is 17.2 Å². The minimum Gasteiger partial charge on any atom is -0.460 e. The van der Waals surface area contributed by atoms with E-state index in [9.17, 15) is 0 Å². The summed E-state index contributed by atoms with van der Waals surface area (Å²) in [5.41, 5.74) is 0.986. The van der Waals surface area contributed by atoms with Crippen LogP contribution in [0.25, 0.3) is 11.0 Å². The molecule has 1 aliphatic rings. The van der Waals surface area contributed by atoms with Gasteiger partial charge < -0.3 is 9.73 Å². The van der Waals surface area contributed by atoms with Gasteiger partial charge in [-0.25, -0.2) is 0 Å². The molecular formula is C14H17NOS. The molecule has 0 bridgehead atoms. The van der Waals surface area contributed by atoms with Crippen molar-refractivity contribution in [2.75, 3.05) is 12.3 Å². The highest BCUT2D eigenvalue weighted by Gasteiger charge is 2.14. The molecule has 2 aromatic rings. The molecule has 17 heavy (non-hydrogen) atoms. The van der Waals surface area contributed by atoms with Crippen molar-refractivity contribution >= 4 is 22.7 Å². The van der Waals surface area contributed by atoms with Gasteiger partial charge >= 0.3 is 0 Å². The Labute approximate surface area is 106 Å². The number of benzene rings is 1. The number of hydrogen-bond acceptors (Lipinski definition) is 3. The summed E-state index contributed by atoms with van der Waals surface area (Å²) in [4.78, 5) is 0. The normalized spacial score (nSPS) is 20.1. The third kappa shape index (κ3) is 2.67. The first-order valence-corrected chi connectivity index (χ1v) is 7.26. The molecule has 1 saturated heterocycles. The molecule has 2 nitrogen and oxygen atoms in total. The Bertz CT molecular complexity index is 455. The molecule has 1 N–H and O–H groups in total. The van der Waals surface area contributed by atoms with Crippen molar-refractivity contribution in [3.63, 3.8) is 0 Å². The lowest BCUT2D eigenvalue weighted by atomic mass is 10.2. The van der Waals surface area contributed by atoms with E-state index in [0.717, 1.165) is 29.7 Å². The standard InChI is InChI=1S/C14H17NOS/c1-2-6-14-11(4-1)8-12(16-14)9-15-10-13-5-3-7-17-13/h1-2,4,6,8,13,15H,3,5,7,9-10H2. The Morgan fingerprint density at radius 2 is 2.29 bits per heavy atom. The van der Waals surface area contributed by atoms with Crippen molar-refractivity contribution in [1.82, 2.24) is 5.32 Å². The van der Waals surface area contributed by atoms with Crippen molar-refractivity contribution in [1.29, 1.82) is 0 Å². The first-order chi connectivity index (χ1) is 8.42. The molecular weight excluding hydrogens is 230 g/mol. The van der Waals surface area contributed by atoms with Crippen LogP contribution in [-0.2, 0) is 6.54 Å². The second-order valence-electron chi connectivity index (χ2n) is 4.52. The smallest absolute Gasteiger partial charge is 0.134 e. The summed E-state index contributed by atoms with van der Waals surface area (Å²) in [6.07, 6.45) is 2.74. The van der Waals surface area contributed by atoms with E-state index in [2.05, 4.69) is 29.2 Å². The maximum absolute atomic E-state index is 5.76. The predicted octanol–water partition coefficient (Wildman–Crippen LogP) is 3.42. The molecule has 0 aliphatic carbocycles. The van der Waals surface area contributed by atoms with Crippen molar-refractivity contribution < 1.29 is 4.42 Å². The zero-order valence-electron chi connectivity index (χ0n) is 9.82. The van der Waals surface area contributed by atoms with Gasteiger partial charge in [-0.1, -0.05) is 18.2 Å². The third-order valence-electron chi connectivity index (χ3n) is 3.17. The highest BCUT2D eigenvalue weighted by atomic mass is 32.2. The van der Waals surface area contributed by atoms with Crippen LogP contribution < -0.4 is 5.32 Å². The molecule has 0 radical (unpaired) electrons. The summed E-state index contributed by atoms with van der Waals surface area (Å²) < 4.78 is 5.76. The van der Waals surface area contributed by atoms with E-state index >= 15 is 0 Å². The molecule has 1 atom stereocenters. The van der Waals surface area contributed by atoms with Crippen LogP contribution in [0, 0.1) is 0 Å². The van der Waals surface area contributed by atoms with Crippen molar-refractivity contribution in [2.24, 2.45) is 0 Å². The van der Waals surface area contributed by atoms with E-state index in [-0.39, 0.29) is 0 Å². The van der Waals surface area contributed by atoms with E-state index in [1.165, 1.54) is 24.0 Å². The van der Waals surface area contributed by atoms with Crippen LogP contribution >= 0.6 is 11.8 Å². The van der Waals surface area contributed by atoms with Gasteiger partial charge in [-0.2, -0.15) is 11.8 Å². The molecule has 0 saturated carbocycles. The molecule has 1 fully saturated rings. The highest BCUT2D eigenvalue weighted by Crippen LogP contribution is 2.25. The predicted molar refractivity (Wildman–Crippen MR) is 73.4 cm³/mol. The molecule has 0 amide bonds. The Morgan fingerprint density at radius 3 is 3.12 bits per heavy atom. The number of furan rings is 1. The highest BCUT2D eigenvalue weighted by molar-refractivity contribution is 8.00. The number of nitrogens with one attached hydrogen (secondary N) is 1. The Balaban J connectivity index is 1.57. The fraction of sp³-hybridized carbons (Fsp3) is 0.429. The van der Waals surface area contributed by atoms with E-state index < -0.39 is 0 Å². The lowest BCUT2D eigenvalue weighted by Crippen LogP contribution is -2.22. The summed E-state index contributed by atoms with van der Waals surface area (Å²) in [5.74, 6) is 2.37. The van der Waals surface area contributed by atoms with Gasteiger partial charge in [0.1, 0.15) is 11.3 Å². The molecule has 90 valence electrons. The molecule has 0 spiro atoms. The minimum absolute atomic E-state index is 0.805. The van der Waals surface area contributed by atoms with Crippen LogP contribution in [0.5, 0.6) is 0 Å². The van der Waals surface area contributed by atoms with Crippen LogP contribution in [0.2, 0.25) is 0 Å². The number of rotatable bonds is 4. The van der Waals surface area contributed by atoms with Gasteiger partial charge in [0.25, 0.3) is 0 Å². The van der Waals surface area contributed by atoms with Gasteiger partial charge in [0.2, 0.25) is 0 Å². The molecule has 1 aromatic heterocycles. The summed E-state index contributed by atoms with van der Waals surface area (Å²) in [6, 6.07) is 10.3. The maximum atomic E-state index is 5.76. The van der Waals surface area contributed by atoms with Crippen LogP contribution in [0.3, 0.4) is 0 Å². The number of fused-ring (bicyclic) bond motifs is 1. The first kappa shape index (κ1) is 11.2. The molecule has 3 heteroatoms. The van der Waals surface area contributed by atoms with E-state index in [0.29, 0.717) is 0 Å². The number of hydrogen-bond donors (Lipinski definition) is 1. The van der Waals surface area contributed by atoms with Crippen LogP contribution in [0.4, 0.5) is 0 Å². The molecule has 1 unspecified atom stereocenters. The minimum atomic E-state index is 0.805. The monoisotopic (exact) mass is 247 g/mol. The van der Waals surface area contributed by atoms with Crippen molar-refractivity contribution in [2.45, 2.75) is 24.6 Å². The summed E-state index contributed by atoms with van der Waals surface area (Å²) in [7, 11) is 0. The molecule has 2 heterocycles. The zero-order chi connectivity index (χ0) is 11.5. The SMILES string of the molecule is c1ccc2oc(CNCC3CCCS3)cc2c1. The van der Waals surface area contributed by atoms with Gasteiger partial charge in [0.15, 0.2) is 0 Å². The topological polar surface area (TPSA) is 25.2 Å². The average Bonchev–Trinajstić information content (AvgIpc) is 2.96. The summed E-state index contributed by atoms with van der Waals surface area (Å²) in [5, 5.41) is 5.49. The molecule has 1 aliphatic heterocycles. The van der Waals surface area contributed by atoms with Crippen LogP contribution in [0.15, 0.2) is 34.7 Å². The van der Waals surface area contributed by atoms with Gasteiger partial charge in [-0.15, -0.1) is 0 Å². The van der Waals surface area contributed by atoms with Crippen molar-refractivity contribution in [3.8, 4) is 0 Å². The van der Waals surface area contributed by atoms with Crippen molar-refractivity contribution in [3.05, 3.63) is 36.1 Å². The fourth-order valence-electron chi connectivity index (χ4n) is 2.29. The Kier molecular flexibility index (Phi) is 3.39. The summed E-state index contributed by atoms with van der Waals surface area (Å²) >= 11 is 2.09. The molecule has 1 aromatic carbocycles. The number of thioether (sulfide) groups is 1. The van der Waals surface area contributed by atoms with Gasteiger partial charge in [0.05, 0.1) is 6.54 Å². The van der Waals surface area contributed by atoms with Crippen LogP contribution in [-0.4, -0.2) is 17.5 Å². The lowest BCUT2D eigenvalue weighted by molar-refractivity contribution is 0.511. The largest absolute Gasteiger partial charge is 0.460 e. The zero-order valence-corrected chi connectivity index (χ0v) is 10.6. The quantitative estimate of drug-likeness (QED) is 0.896. The van der Waals surface area contributed by atoms with E-state index in [1.54, 1.807) is 0 Å². The maximum Gasteiger partial charge on any atom is 0.134 e. The third-order valence-corrected chi connectivity index (χ3v) is 4.57. The fourth-order valence-corrected chi connectivity index (χ4v) is 3.52. The average molecular weight is 247 g/mol. The van der Waals surface area contributed by atoms with Gasteiger partial charge in [-0.05, 0) is 30.7 Å². The Hall–Kier alpha value is -0.930. The second-order valence-corrected chi connectivity index (χ2v) is 5.92. The van der Waals surface area contributed by atoms with E-state index in [1.807, 2.05) is 18.2 Å². The Morgan fingerprint density at radius 1 is 1.35 bits per heavy atom. The van der Waals surface area contributed by atoms with Crippen LogP contribution in [0.1, 0.15) is 18.6 Å². The van der Waals surface area contributed by atoms with E-state index in [4.69, 9.17) is 4.42 Å². The van der Waals surface area contributed by atoms with Gasteiger partial charge in [-0.3, -0.25) is 0 Å². The second kappa shape index (κ2) is 5.15. The molecule has 3 rings (SSSR count).